The van der Waals surface area contributed by atoms with E-state index in [0.29, 0.717) is 0 Å². The first-order chi connectivity index (χ1) is 8.75. The van der Waals surface area contributed by atoms with E-state index in [1.54, 1.807) is 9.58 Å². The SMILES string of the molecule is O=C([O-])c1cn(CC[NH+]2CCCCCCC2)nn1. The van der Waals surface area contributed by atoms with Crippen LogP contribution in [0.15, 0.2) is 6.20 Å². The van der Waals surface area contributed by atoms with Gasteiger partial charge in [0.25, 0.3) is 0 Å². The average molecular weight is 252 g/mol. The van der Waals surface area contributed by atoms with Crippen molar-refractivity contribution < 1.29 is 14.8 Å². The van der Waals surface area contributed by atoms with E-state index in [2.05, 4.69) is 10.3 Å². The molecule has 0 saturated carbocycles. The molecule has 1 saturated heterocycles. The van der Waals surface area contributed by atoms with Crippen molar-refractivity contribution in [2.75, 3.05) is 19.6 Å². The van der Waals surface area contributed by atoms with Crippen LogP contribution in [0.5, 0.6) is 0 Å². The maximum absolute atomic E-state index is 10.6. The maximum Gasteiger partial charge on any atom is 0.128 e. The molecule has 18 heavy (non-hydrogen) atoms. The van der Waals surface area contributed by atoms with E-state index in [1.807, 2.05) is 0 Å². The molecule has 1 aliphatic heterocycles. The van der Waals surface area contributed by atoms with Crippen molar-refractivity contribution in [2.24, 2.45) is 0 Å². The molecule has 100 valence electrons. The Bertz CT molecular complexity index is 383. The molecule has 1 N–H and O–H groups in total. The van der Waals surface area contributed by atoms with E-state index in [0.717, 1.165) is 13.1 Å². The molecular formula is C12H20N4O2. The topological polar surface area (TPSA) is 75.3 Å². The van der Waals surface area contributed by atoms with Crippen molar-refractivity contribution in [1.29, 1.82) is 0 Å². The molecule has 1 aliphatic rings. The minimum atomic E-state index is -1.26. The number of hydrogen-bond acceptors (Lipinski definition) is 4. The number of hydrogen-bond donors (Lipinski definition) is 1. The van der Waals surface area contributed by atoms with Crippen molar-refractivity contribution in [3.8, 4) is 0 Å². The molecule has 0 atom stereocenters. The van der Waals surface area contributed by atoms with E-state index >= 15 is 0 Å². The number of nitrogens with one attached hydrogen (secondary N) is 1. The fourth-order valence-electron chi connectivity index (χ4n) is 2.43. The van der Waals surface area contributed by atoms with Gasteiger partial charge >= 0.3 is 0 Å². The van der Waals surface area contributed by atoms with Gasteiger partial charge in [-0.25, -0.2) is 4.68 Å². The molecule has 2 heterocycles. The van der Waals surface area contributed by atoms with Crippen molar-refractivity contribution in [2.45, 2.75) is 38.6 Å². The predicted octanol–water partition coefficient (Wildman–Crippen LogP) is -1.51. The summed E-state index contributed by atoms with van der Waals surface area (Å²) in [5.41, 5.74) is -0.0855. The molecule has 1 fully saturated rings. The zero-order valence-electron chi connectivity index (χ0n) is 10.6. The average Bonchev–Trinajstić information content (AvgIpc) is 2.76. The standard InChI is InChI=1S/C12H20N4O2/c17-12(18)11-10-16(14-13-11)9-8-15-6-4-2-1-3-5-7-15/h10H,1-9H2,(H,17,18). The highest BCUT2D eigenvalue weighted by Gasteiger charge is 2.11. The number of quaternary nitrogens is 1. The van der Waals surface area contributed by atoms with Crippen molar-refractivity contribution in [1.82, 2.24) is 15.0 Å². The minimum absolute atomic E-state index is 0.0855. The number of likely N-dealkylation sites (tertiary alicyclic amines) is 1. The third-order valence-electron chi connectivity index (χ3n) is 3.50. The van der Waals surface area contributed by atoms with Crippen LogP contribution in [-0.2, 0) is 6.54 Å². The van der Waals surface area contributed by atoms with Gasteiger partial charge in [-0.3, -0.25) is 0 Å². The Morgan fingerprint density at radius 1 is 1.28 bits per heavy atom. The number of carboxylic acids is 1. The first kappa shape index (κ1) is 13.0. The van der Waals surface area contributed by atoms with Gasteiger partial charge < -0.3 is 14.8 Å². The molecule has 0 radical (unpaired) electrons. The lowest BCUT2D eigenvalue weighted by Gasteiger charge is -2.21. The number of carbonyl (C=O) groups is 1. The first-order valence-electron chi connectivity index (χ1n) is 6.71. The summed E-state index contributed by atoms with van der Waals surface area (Å²) in [6.45, 7) is 4.12. The van der Waals surface area contributed by atoms with Gasteiger partial charge in [0.05, 0.1) is 38.3 Å². The molecule has 0 unspecified atom stereocenters. The highest BCUT2D eigenvalue weighted by molar-refractivity contribution is 5.82. The highest BCUT2D eigenvalue weighted by atomic mass is 16.4. The van der Waals surface area contributed by atoms with Crippen LogP contribution in [0, 0.1) is 0 Å². The van der Waals surface area contributed by atoms with Crippen LogP contribution >= 0.6 is 0 Å². The van der Waals surface area contributed by atoms with Gasteiger partial charge in [0.15, 0.2) is 0 Å². The smallest absolute Gasteiger partial charge is 0.128 e. The summed E-state index contributed by atoms with van der Waals surface area (Å²) in [7, 11) is 0. The lowest BCUT2D eigenvalue weighted by atomic mass is 10.1. The monoisotopic (exact) mass is 252 g/mol. The van der Waals surface area contributed by atoms with Crippen LogP contribution in [-0.4, -0.2) is 40.6 Å². The Kier molecular flexibility index (Phi) is 4.69. The fraction of sp³-hybridized carbons (Fsp3) is 0.750. The van der Waals surface area contributed by atoms with Gasteiger partial charge in [0.2, 0.25) is 0 Å². The molecule has 0 amide bonds. The number of carbonyl (C=O) groups excluding carboxylic acids is 1. The first-order valence-corrected chi connectivity index (χ1v) is 6.71. The summed E-state index contributed by atoms with van der Waals surface area (Å²) in [6, 6.07) is 0. The second kappa shape index (κ2) is 6.49. The van der Waals surface area contributed by atoms with Crippen LogP contribution in [0.3, 0.4) is 0 Å². The van der Waals surface area contributed by atoms with Crippen LogP contribution in [0.1, 0.15) is 42.6 Å². The van der Waals surface area contributed by atoms with E-state index in [4.69, 9.17) is 0 Å². The van der Waals surface area contributed by atoms with Crippen molar-refractivity contribution >= 4 is 5.97 Å². The van der Waals surface area contributed by atoms with Gasteiger partial charge in [0, 0.05) is 0 Å². The van der Waals surface area contributed by atoms with Crippen LogP contribution in [0.25, 0.3) is 0 Å². The molecule has 0 aliphatic carbocycles. The summed E-state index contributed by atoms with van der Waals surface area (Å²) < 4.78 is 1.59. The van der Waals surface area contributed by atoms with Gasteiger partial charge in [0.1, 0.15) is 5.69 Å². The predicted molar refractivity (Wildman–Crippen MR) is 63.0 cm³/mol. The van der Waals surface area contributed by atoms with Crippen LogP contribution in [0.4, 0.5) is 0 Å². The zero-order chi connectivity index (χ0) is 12.8. The van der Waals surface area contributed by atoms with Crippen molar-refractivity contribution in [3.63, 3.8) is 0 Å². The zero-order valence-corrected chi connectivity index (χ0v) is 10.6. The number of nitrogens with zero attached hydrogens (tertiary/aromatic N) is 3. The van der Waals surface area contributed by atoms with Gasteiger partial charge in [-0.05, 0) is 25.7 Å². The fourth-order valence-corrected chi connectivity index (χ4v) is 2.43. The molecule has 1 aromatic heterocycles. The summed E-state index contributed by atoms with van der Waals surface area (Å²) >= 11 is 0. The van der Waals surface area contributed by atoms with Crippen LogP contribution < -0.4 is 10.0 Å². The van der Waals surface area contributed by atoms with Gasteiger partial charge in [-0.15, -0.1) is 5.10 Å². The summed E-state index contributed by atoms with van der Waals surface area (Å²) in [5.74, 6) is -1.26. The van der Waals surface area contributed by atoms with Crippen molar-refractivity contribution in [3.05, 3.63) is 11.9 Å². The summed E-state index contributed by atoms with van der Waals surface area (Å²) in [4.78, 5) is 12.2. The lowest BCUT2D eigenvalue weighted by Crippen LogP contribution is -3.12. The molecule has 0 aromatic carbocycles. The Morgan fingerprint density at radius 3 is 2.56 bits per heavy atom. The Morgan fingerprint density at radius 2 is 1.94 bits per heavy atom. The number of aromatic nitrogens is 3. The normalized spacial score (nSPS) is 18.2. The highest BCUT2D eigenvalue weighted by Crippen LogP contribution is 2.02. The largest absolute Gasteiger partial charge is 0.543 e. The van der Waals surface area contributed by atoms with Gasteiger partial charge in [-0.1, -0.05) is 11.6 Å². The maximum atomic E-state index is 10.6. The third kappa shape index (κ3) is 3.80. The van der Waals surface area contributed by atoms with E-state index < -0.39 is 5.97 Å². The van der Waals surface area contributed by atoms with E-state index in [-0.39, 0.29) is 5.69 Å². The lowest BCUT2D eigenvalue weighted by molar-refractivity contribution is -0.901. The quantitative estimate of drug-likeness (QED) is 0.707. The van der Waals surface area contributed by atoms with E-state index in [9.17, 15) is 9.90 Å². The molecule has 0 spiro atoms. The second-order valence-corrected chi connectivity index (χ2v) is 4.92. The Balaban J connectivity index is 1.80. The third-order valence-corrected chi connectivity index (χ3v) is 3.50. The van der Waals surface area contributed by atoms with Gasteiger partial charge in [-0.2, -0.15) is 0 Å². The molecule has 0 bridgehead atoms. The van der Waals surface area contributed by atoms with E-state index in [1.165, 1.54) is 51.4 Å². The minimum Gasteiger partial charge on any atom is -0.543 e. The molecule has 6 heteroatoms. The molecular weight excluding hydrogens is 232 g/mol. The van der Waals surface area contributed by atoms with Crippen LogP contribution in [0.2, 0.25) is 0 Å². The molecule has 6 nitrogen and oxygen atoms in total. The Hall–Kier alpha value is -1.43. The number of carboxylic acid groups (broad SMARTS) is 1. The summed E-state index contributed by atoms with van der Waals surface area (Å²) in [5, 5.41) is 17.9. The molecule has 2 rings (SSSR count). The summed E-state index contributed by atoms with van der Waals surface area (Å²) in [6.07, 6.45) is 8.06. The number of aromatic carboxylic acids is 1. The molecule has 1 aromatic rings. The Labute approximate surface area is 107 Å². The second-order valence-electron chi connectivity index (χ2n) is 4.92. The number of rotatable bonds is 4.